The number of carbonyl (C=O) groups is 1. The number of Topliss-reactive ketones (excluding diaryl/α,β-unsaturated/α-hetero) is 1. The standard InChI is InChI=1S/C23H19ClN4O2/c1-14-4-2-3-5-19(14)28-22-18(12-25-28)21(16-6-7-16)26-27(23(22)30)13-20(29)15-8-10-17(24)11-9-15/h2-5,8-12,16H,6-7,13H2,1H3. The fourth-order valence-electron chi connectivity index (χ4n) is 3.71. The van der Waals surface area contributed by atoms with Gasteiger partial charge in [-0.25, -0.2) is 9.36 Å². The Morgan fingerprint density at radius 3 is 2.57 bits per heavy atom. The molecule has 1 fully saturated rings. The molecule has 0 radical (unpaired) electrons. The first-order valence-electron chi connectivity index (χ1n) is 9.86. The van der Waals surface area contributed by atoms with E-state index in [4.69, 9.17) is 11.6 Å². The fraction of sp³-hybridized carbons (Fsp3) is 0.217. The molecule has 150 valence electrons. The van der Waals surface area contributed by atoms with Crippen LogP contribution in [0.1, 0.15) is 40.4 Å². The number of rotatable bonds is 5. The van der Waals surface area contributed by atoms with E-state index in [-0.39, 0.29) is 17.9 Å². The number of fused-ring (bicyclic) bond motifs is 1. The molecule has 0 N–H and O–H groups in total. The Bertz CT molecular complexity index is 1330. The third kappa shape index (κ3) is 3.23. The molecule has 2 aromatic carbocycles. The van der Waals surface area contributed by atoms with Gasteiger partial charge in [-0.3, -0.25) is 9.59 Å². The molecule has 2 heterocycles. The van der Waals surface area contributed by atoms with Gasteiger partial charge in [-0.2, -0.15) is 10.2 Å². The van der Waals surface area contributed by atoms with Crippen LogP contribution in [0, 0.1) is 6.92 Å². The Morgan fingerprint density at radius 2 is 1.87 bits per heavy atom. The zero-order chi connectivity index (χ0) is 20.8. The van der Waals surface area contributed by atoms with Crippen LogP contribution >= 0.6 is 11.6 Å². The Hall–Kier alpha value is -3.25. The summed E-state index contributed by atoms with van der Waals surface area (Å²) in [6.07, 6.45) is 3.77. The zero-order valence-corrected chi connectivity index (χ0v) is 17.1. The first-order chi connectivity index (χ1) is 14.5. The Kier molecular flexibility index (Phi) is 4.51. The van der Waals surface area contributed by atoms with Gasteiger partial charge < -0.3 is 0 Å². The molecule has 1 aliphatic rings. The van der Waals surface area contributed by atoms with E-state index in [0.29, 0.717) is 22.0 Å². The van der Waals surface area contributed by atoms with Gasteiger partial charge in [0, 0.05) is 21.9 Å². The van der Waals surface area contributed by atoms with Crippen molar-refractivity contribution in [1.29, 1.82) is 0 Å². The first-order valence-corrected chi connectivity index (χ1v) is 10.2. The highest BCUT2D eigenvalue weighted by atomic mass is 35.5. The lowest BCUT2D eigenvalue weighted by Crippen LogP contribution is -2.29. The topological polar surface area (TPSA) is 69.8 Å². The van der Waals surface area contributed by atoms with Crippen LogP contribution in [0.3, 0.4) is 0 Å². The average molecular weight is 419 g/mol. The number of para-hydroxylation sites is 1. The molecule has 6 nitrogen and oxygen atoms in total. The molecule has 0 unspecified atom stereocenters. The maximum atomic E-state index is 13.4. The van der Waals surface area contributed by atoms with Crippen LogP contribution in [-0.2, 0) is 6.54 Å². The third-order valence-electron chi connectivity index (χ3n) is 5.48. The monoisotopic (exact) mass is 418 g/mol. The first kappa shape index (κ1) is 18.8. The number of hydrogen-bond donors (Lipinski definition) is 0. The van der Waals surface area contributed by atoms with Gasteiger partial charge in [0.2, 0.25) is 0 Å². The normalized spacial score (nSPS) is 13.7. The lowest BCUT2D eigenvalue weighted by molar-refractivity contribution is 0.0965. The van der Waals surface area contributed by atoms with Crippen LogP contribution in [-0.4, -0.2) is 25.3 Å². The summed E-state index contributed by atoms with van der Waals surface area (Å²) >= 11 is 5.92. The van der Waals surface area contributed by atoms with Gasteiger partial charge in [-0.1, -0.05) is 29.8 Å². The van der Waals surface area contributed by atoms with E-state index in [2.05, 4.69) is 10.2 Å². The quantitative estimate of drug-likeness (QED) is 0.453. The summed E-state index contributed by atoms with van der Waals surface area (Å²) in [7, 11) is 0. The van der Waals surface area contributed by atoms with Crippen molar-refractivity contribution < 1.29 is 4.79 Å². The van der Waals surface area contributed by atoms with Crippen molar-refractivity contribution in [2.45, 2.75) is 32.2 Å². The van der Waals surface area contributed by atoms with E-state index in [1.807, 2.05) is 31.2 Å². The Balaban J connectivity index is 1.66. The molecule has 2 aromatic heterocycles. The minimum absolute atomic E-state index is 0.130. The predicted molar refractivity (Wildman–Crippen MR) is 116 cm³/mol. The number of halogens is 1. The van der Waals surface area contributed by atoms with Crippen LogP contribution in [0.5, 0.6) is 0 Å². The molecule has 0 spiro atoms. The summed E-state index contributed by atoms with van der Waals surface area (Å²) in [6.45, 7) is 1.85. The van der Waals surface area contributed by atoms with Gasteiger partial charge in [0.25, 0.3) is 5.56 Å². The lowest BCUT2D eigenvalue weighted by Gasteiger charge is -2.11. The molecule has 0 bridgehead atoms. The van der Waals surface area contributed by atoms with Crippen LogP contribution in [0.15, 0.2) is 59.5 Å². The molecule has 0 amide bonds. The highest BCUT2D eigenvalue weighted by Gasteiger charge is 2.30. The molecule has 0 aliphatic heterocycles. The second-order valence-corrected chi connectivity index (χ2v) is 8.09. The molecule has 1 saturated carbocycles. The maximum absolute atomic E-state index is 13.4. The third-order valence-corrected chi connectivity index (χ3v) is 5.73. The number of carbonyl (C=O) groups excluding carboxylic acids is 1. The van der Waals surface area contributed by atoms with Crippen molar-refractivity contribution in [2.75, 3.05) is 0 Å². The highest BCUT2D eigenvalue weighted by Crippen LogP contribution is 2.41. The maximum Gasteiger partial charge on any atom is 0.293 e. The van der Waals surface area contributed by atoms with Crippen molar-refractivity contribution in [3.8, 4) is 5.69 Å². The second kappa shape index (κ2) is 7.22. The molecular weight excluding hydrogens is 400 g/mol. The number of aryl methyl sites for hydroxylation is 1. The largest absolute Gasteiger partial charge is 0.293 e. The van der Waals surface area contributed by atoms with E-state index < -0.39 is 0 Å². The van der Waals surface area contributed by atoms with Gasteiger partial charge in [0.05, 0.1) is 17.6 Å². The number of ketones is 1. The number of benzene rings is 2. The zero-order valence-electron chi connectivity index (χ0n) is 16.4. The van der Waals surface area contributed by atoms with Gasteiger partial charge >= 0.3 is 0 Å². The molecule has 5 rings (SSSR count). The smallest absolute Gasteiger partial charge is 0.292 e. The molecule has 0 atom stereocenters. The van der Waals surface area contributed by atoms with E-state index in [1.54, 1.807) is 35.1 Å². The predicted octanol–water partition coefficient (Wildman–Crippen LogP) is 4.30. The number of nitrogens with zero attached hydrogens (tertiary/aromatic N) is 4. The number of aromatic nitrogens is 4. The van der Waals surface area contributed by atoms with E-state index in [1.165, 1.54) is 4.68 Å². The lowest BCUT2D eigenvalue weighted by atomic mass is 10.1. The van der Waals surface area contributed by atoms with E-state index in [9.17, 15) is 9.59 Å². The van der Waals surface area contributed by atoms with Crippen molar-refractivity contribution in [2.24, 2.45) is 0 Å². The van der Waals surface area contributed by atoms with Gasteiger partial charge in [-0.15, -0.1) is 0 Å². The van der Waals surface area contributed by atoms with Crippen molar-refractivity contribution in [3.63, 3.8) is 0 Å². The summed E-state index contributed by atoms with van der Waals surface area (Å²) in [4.78, 5) is 26.2. The Morgan fingerprint density at radius 1 is 1.13 bits per heavy atom. The molecule has 4 aromatic rings. The van der Waals surface area contributed by atoms with E-state index >= 15 is 0 Å². The van der Waals surface area contributed by atoms with Gasteiger partial charge in [0.15, 0.2) is 5.78 Å². The van der Waals surface area contributed by atoms with Crippen molar-refractivity contribution in [3.05, 3.63) is 86.9 Å². The molecule has 7 heteroatoms. The minimum Gasteiger partial charge on any atom is -0.292 e. The fourth-order valence-corrected chi connectivity index (χ4v) is 3.83. The Labute approximate surface area is 177 Å². The summed E-state index contributed by atoms with van der Waals surface area (Å²) < 4.78 is 2.95. The van der Waals surface area contributed by atoms with E-state index in [0.717, 1.165) is 35.2 Å². The molecule has 0 saturated heterocycles. The highest BCUT2D eigenvalue weighted by molar-refractivity contribution is 6.30. The summed E-state index contributed by atoms with van der Waals surface area (Å²) in [5, 5.41) is 10.4. The van der Waals surface area contributed by atoms with Gasteiger partial charge in [0.1, 0.15) is 12.1 Å². The van der Waals surface area contributed by atoms with Crippen LogP contribution < -0.4 is 5.56 Å². The van der Waals surface area contributed by atoms with Crippen LogP contribution in [0.25, 0.3) is 16.6 Å². The van der Waals surface area contributed by atoms with Crippen LogP contribution in [0.4, 0.5) is 0 Å². The summed E-state index contributed by atoms with van der Waals surface area (Å²) in [6, 6.07) is 14.4. The molecular formula is C23H19ClN4O2. The minimum atomic E-state index is -0.322. The average Bonchev–Trinajstić information content (AvgIpc) is 3.49. The second-order valence-electron chi connectivity index (χ2n) is 7.66. The SMILES string of the molecule is Cc1ccccc1-n1ncc2c(C3CC3)nn(CC(=O)c3ccc(Cl)cc3)c(=O)c21. The van der Waals surface area contributed by atoms with Crippen molar-refractivity contribution in [1.82, 2.24) is 19.6 Å². The van der Waals surface area contributed by atoms with Crippen LogP contribution in [0.2, 0.25) is 5.02 Å². The molecule has 30 heavy (non-hydrogen) atoms. The van der Waals surface area contributed by atoms with Crippen molar-refractivity contribution >= 4 is 28.3 Å². The number of hydrogen-bond acceptors (Lipinski definition) is 4. The molecule has 1 aliphatic carbocycles. The summed E-state index contributed by atoms with van der Waals surface area (Å²) in [5.41, 5.74) is 3.33. The van der Waals surface area contributed by atoms with Gasteiger partial charge in [-0.05, 0) is 55.7 Å². The summed E-state index contributed by atoms with van der Waals surface area (Å²) in [5.74, 6) is 0.115.